The number of nitrogens with one attached hydrogen (secondary N) is 2. The molecule has 1 aromatic carbocycles. The van der Waals surface area contributed by atoms with Gasteiger partial charge < -0.3 is 10.4 Å². The zero-order valence-corrected chi connectivity index (χ0v) is 13.7. The van der Waals surface area contributed by atoms with Crippen molar-refractivity contribution in [3.63, 3.8) is 0 Å². The Hall–Kier alpha value is -1.56. The van der Waals surface area contributed by atoms with Crippen molar-refractivity contribution in [1.82, 2.24) is 15.5 Å². The number of amides is 1. The lowest BCUT2D eigenvalue weighted by molar-refractivity contribution is 0.0892. The first-order chi connectivity index (χ1) is 10.4. The van der Waals surface area contributed by atoms with Gasteiger partial charge in [0, 0.05) is 10.6 Å². The zero-order chi connectivity index (χ0) is 16.3. The van der Waals surface area contributed by atoms with Gasteiger partial charge in [-0.05, 0) is 30.2 Å². The maximum Gasteiger partial charge on any atom is 0.269 e. The smallest absolute Gasteiger partial charge is 0.269 e. The number of hydrogen-bond acceptors (Lipinski definition) is 3. The van der Waals surface area contributed by atoms with Gasteiger partial charge in [0.15, 0.2) is 0 Å². The van der Waals surface area contributed by atoms with Crippen LogP contribution in [-0.4, -0.2) is 33.9 Å². The third-order valence-corrected chi connectivity index (χ3v) is 3.90. The highest BCUT2D eigenvalue weighted by atomic mass is 35.5. The van der Waals surface area contributed by atoms with Gasteiger partial charge in [-0.3, -0.25) is 9.89 Å². The fourth-order valence-electron chi connectivity index (χ4n) is 1.94. The molecule has 7 heteroatoms. The highest BCUT2D eigenvalue weighted by molar-refractivity contribution is 6.36. The summed E-state index contributed by atoms with van der Waals surface area (Å²) >= 11 is 12.0. The first-order valence-electron chi connectivity index (χ1n) is 6.85. The van der Waals surface area contributed by atoms with Crippen LogP contribution in [-0.2, 0) is 0 Å². The van der Waals surface area contributed by atoms with Crippen LogP contribution in [0.15, 0.2) is 24.3 Å². The van der Waals surface area contributed by atoms with Crippen LogP contribution in [0.25, 0.3) is 11.3 Å². The van der Waals surface area contributed by atoms with Gasteiger partial charge in [0.05, 0.1) is 23.4 Å². The summed E-state index contributed by atoms with van der Waals surface area (Å²) < 4.78 is 0. The van der Waals surface area contributed by atoms with Crippen LogP contribution in [0, 0.1) is 5.92 Å². The summed E-state index contributed by atoms with van der Waals surface area (Å²) in [4.78, 5) is 12.2. The average Bonchev–Trinajstić information content (AvgIpc) is 2.93. The van der Waals surface area contributed by atoms with Crippen molar-refractivity contribution in [1.29, 1.82) is 0 Å². The molecule has 5 nitrogen and oxygen atoms in total. The monoisotopic (exact) mass is 341 g/mol. The predicted octanol–water partition coefficient (Wildman–Crippen LogP) is 3.13. The van der Waals surface area contributed by atoms with E-state index in [1.54, 1.807) is 24.3 Å². The maximum atomic E-state index is 12.2. The summed E-state index contributed by atoms with van der Waals surface area (Å²) in [6.07, 6.45) is 0. The fourth-order valence-corrected chi connectivity index (χ4v) is 2.45. The molecule has 0 saturated carbocycles. The van der Waals surface area contributed by atoms with E-state index in [4.69, 9.17) is 23.2 Å². The van der Waals surface area contributed by atoms with E-state index >= 15 is 0 Å². The number of hydrogen-bond donors (Lipinski definition) is 3. The van der Waals surface area contributed by atoms with Crippen molar-refractivity contribution in [3.05, 3.63) is 40.0 Å². The van der Waals surface area contributed by atoms with Crippen LogP contribution >= 0.6 is 23.2 Å². The molecule has 0 aliphatic carbocycles. The summed E-state index contributed by atoms with van der Waals surface area (Å²) in [5.41, 5.74) is 1.54. The molecule has 3 N–H and O–H groups in total. The Balaban J connectivity index is 2.19. The minimum Gasteiger partial charge on any atom is -0.394 e. The lowest BCUT2D eigenvalue weighted by Crippen LogP contribution is -2.41. The second-order valence-electron chi connectivity index (χ2n) is 5.30. The van der Waals surface area contributed by atoms with Crippen molar-refractivity contribution in [3.8, 4) is 11.3 Å². The molecule has 0 spiro atoms. The number of H-pyrrole nitrogens is 1. The Kier molecular flexibility index (Phi) is 5.45. The zero-order valence-electron chi connectivity index (χ0n) is 12.2. The second kappa shape index (κ2) is 7.13. The minimum absolute atomic E-state index is 0.118. The number of rotatable bonds is 5. The van der Waals surface area contributed by atoms with E-state index in [1.807, 2.05) is 13.8 Å². The molecule has 1 aromatic heterocycles. The average molecular weight is 342 g/mol. The topological polar surface area (TPSA) is 78.0 Å². The second-order valence-corrected chi connectivity index (χ2v) is 6.14. The number of nitrogens with zero attached hydrogens (tertiary/aromatic N) is 1. The van der Waals surface area contributed by atoms with E-state index in [0.717, 1.165) is 0 Å². The number of carbonyl (C=O) groups excluding carboxylic acids is 1. The highest BCUT2D eigenvalue weighted by Crippen LogP contribution is 2.29. The lowest BCUT2D eigenvalue weighted by atomic mass is 10.1. The Morgan fingerprint density at radius 3 is 2.68 bits per heavy atom. The molecule has 1 heterocycles. The summed E-state index contributed by atoms with van der Waals surface area (Å²) in [6.45, 7) is 3.73. The lowest BCUT2D eigenvalue weighted by Gasteiger charge is -2.19. The van der Waals surface area contributed by atoms with E-state index in [-0.39, 0.29) is 24.5 Å². The number of aliphatic hydroxyl groups excluding tert-OH is 1. The van der Waals surface area contributed by atoms with Gasteiger partial charge in [0.2, 0.25) is 0 Å². The molecule has 118 valence electrons. The molecule has 2 rings (SSSR count). The van der Waals surface area contributed by atoms with Crippen LogP contribution in [0.1, 0.15) is 24.3 Å². The Bertz CT molecular complexity index is 671. The van der Waals surface area contributed by atoms with E-state index in [9.17, 15) is 9.90 Å². The maximum absolute atomic E-state index is 12.2. The first kappa shape index (κ1) is 16.8. The number of aliphatic hydroxyl groups is 1. The summed E-state index contributed by atoms with van der Waals surface area (Å²) in [6, 6.07) is 6.37. The van der Waals surface area contributed by atoms with E-state index in [2.05, 4.69) is 15.5 Å². The molecule has 22 heavy (non-hydrogen) atoms. The van der Waals surface area contributed by atoms with Crippen LogP contribution in [0.5, 0.6) is 0 Å². The number of benzene rings is 1. The summed E-state index contributed by atoms with van der Waals surface area (Å²) in [7, 11) is 0. The van der Waals surface area contributed by atoms with Crippen LogP contribution in [0.4, 0.5) is 0 Å². The number of aromatic nitrogens is 2. The minimum atomic E-state index is -0.323. The number of carbonyl (C=O) groups is 1. The van der Waals surface area contributed by atoms with Gasteiger partial charge in [-0.1, -0.05) is 37.0 Å². The Morgan fingerprint density at radius 1 is 1.36 bits per heavy atom. The highest BCUT2D eigenvalue weighted by Gasteiger charge is 2.18. The van der Waals surface area contributed by atoms with E-state index in [1.165, 1.54) is 0 Å². The van der Waals surface area contributed by atoms with Crippen LogP contribution in [0.3, 0.4) is 0 Å². The molecule has 1 atom stereocenters. The molecular weight excluding hydrogens is 325 g/mol. The molecule has 0 aliphatic heterocycles. The van der Waals surface area contributed by atoms with Gasteiger partial charge >= 0.3 is 0 Å². The van der Waals surface area contributed by atoms with Gasteiger partial charge in [0.25, 0.3) is 5.91 Å². The van der Waals surface area contributed by atoms with Gasteiger partial charge in [-0.2, -0.15) is 5.10 Å². The molecule has 1 amide bonds. The van der Waals surface area contributed by atoms with Crippen molar-refractivity contribution >= 4 is 29.1 Å². The predicted molar refractivity (Wildman–Crippen MR) is 87.2 cm³/mol. The molecule has 0 saturated heterocycles. The third-order valence-electron chi connectivity index (χ3n) is 3.35. The van der Waals surface area contributed by atoms with E-state index in [0.29, 0.717) is 27.0 Å². The molecule has 0 radical (unpaired) electrons. The van der Waals surface area contributed by atoms with Crippen molar-refractivity contribution in [2.24, 2.45) is 5.92 Å². The van der Waals surface area contributed by atoms with Gasteiger partial charge in [-0.15, -0.1) is 0 Å². The fraction of sp³-hybridized carbons (Fsp3) is 0.333. The van der Waals surface area contributed by atoms with Gasteiger partial charge in [0.1, 0.15) is 5.69 Å². The molecule has 2 aromatic rings. The van der Waals surface area contributed by atoms with Crippen molar-refractivity contribution in [2.75, 3.05) is 6.61 Å². The molecular formula is C15H17Cl2N3O2. The number of halogens is 2. The normalized spacial score (nSPS) is 12.5. The Morgan fingerprint density at radius 2 is 2.09 bits per heavy atom. The molecule has 0 unspecified atom stereocenters. The van der Waals surface area contributed by atoms with Crippen molar-refractivity contribution < 1.29 is 9.90 Å². The Labute approximate surface area is 138 Å². The van der Waals surface area contributed by atoms with Crippen molar-refractivity contribution in [2.45, 2.75) is 19.9 Å². The quantitative estimate of drug-likeness (QED) is 0.781. The SMILES string of the molecule is CC(C)[C@H](CO)NC(=O)c1cc(-c2ccc(Cl)cc2Cl)n[nH]1. The molecule has 0 fully saturated rings. The number of aromatic amines is 1. The molecule has 0 bridgehead atoms. The summed E-state index contributed by atoms with van der Waals surface area (Å²) in [5.74, 6) is -0.196. The molecule has 0 aliphatic rings. The first-order valence-corrected chi connectivity index (χ1v) is 7.60. The van der Waals surface area contributed by atoms with Crippen LogP contribution in [0.2, 0.25) is 10.0 Å². The van der Waals surface area contributed by atoms with E-state index < -0.39 is 0 Å². The largest absolute Gasteiger partial charge is 0.394 e. The standard InChI is InChI=1S/C15H17Cl2N3O2/c1-8(2)14(7-21)18-15(22)13-6-12(19-20-13)10-4-3-9(16)5-11(10)17/h3-6,8,14,21H,7H2,1-2H3,(H,18,22)(H,19,20)/t14-/m0/s1. The van der Waals surface area contributed by atoms with Crippen LogP contribution < -0.4 is 5.32 Å². The van der Waals surface area contributed by atoms with Gasteiger partial charge in [-0.25, -0.2) is 0 Å². The summed E-state index contributed by atoms with van der Waals surface area (Å²) in [5, 5.41) is 19.8. The third kappa shape index (κ3) is 3.80.